The molecule has 42 heavy (non-hydrogen) atoms. The highest BCUT2D eigenvalue weighted by atomic mass is 19.1. The summed E-state index contributed by atoms with van der Waals surface area (Å²) in [5, 5.41) is 18.4. The van der Waals surface area contributed by atoms with Gasteiger partial charge < -0.3 is 31.7 Å². The third-order valence-electron chi connectivity index (χ3n) is 6.75. The zero-order valence-corrected chi connectivity index (χ0v) is 24.9. The van der Waals surface area contributed by atoms with Gasteiger partial charge in [-0.3, -0.25) is 19.2 Å². The van der Waals surface area contributed by atoms with E-state index in [1.54, 1.807) is 30.3 Å². The summed E-state index contributed by atoms with van der Waals surface area (Å²) in [7, 11) is 1.44. The molecule has 230 valence electrons. The molecule has 0 radical (unpaired) electrons. The van der Waals surface area contributed by atoms with Crippen molar-refractivity contribution in [3.63, 3.8) is 0 Å². The molecule has 11 heteroatoms. The highest BCUT2D eigenvalue weighted by Gasteiger charge is 2.25. The first kappa shape index (κ1) is 34.2. The Labute approximate surface area is 247 Å². The van der Waals surface area contributed by atoms with E-state index < -0.39 is 35.6 Å². The molecule has 10 nitrogen and oxygen atoms in total. The van der Waals surface area contributed by atoms with E-state index in [4.69, 9.17) is 5.73 Å². The van der Waals surface area contributed by atoms with E-state index in [9.17, 15) is 28.7 Å². The van der Waals surface area contributed by atoms with E-state index in [0.717, 1.165) is 18.4 Å². The summed E-state index contributed by atoms with van der Waals surface area (Å²) in [4.78, 5) is 52.1. The second-order valence-corrected chi connectivity index (χ2v) is 10.7. The van der Waals surface area contributed by atoms with E-state index in [-0.39, 0.29) is 49.9 Å². The van der Waals surface area contributed by atoms with Crippen molar-refractivity contribution in [1.82, 2.24) is 20.9 Å². The number of nitrogens with zero attached hydrogens (tertiary/aromatic N) is 1. The van der Waals surface area contributed by atoms with Gasteiger partial charge in [0.25, 0.3) is 0 Å². The SMILES string of the molecule is CCCCNC(=O)CCNC(=O)C(Cc1ccc(O)c(C(C)C)c1)NC(=O)CN(C)C(=O)C(N)Cc1ccc(F)cc1. The number of phenols is 1. The number of halogens is 1. The molecule has 0 aliphatic rings. The molecule has 2 aromatic rings. The van der Waals surface area contributed by atoms with E-state index in [1.807, 2.05) is 20.8 Å². The maximum Gasteiger partial charge on any atom is 0.242 e. The number of unbranched alkanes of at least 4 members (excludes halogenated alkanes) is 1. The van der Waals surface area contributed by atoms with Crippen molar-refractivity contribution in [2.24, 2.45) is 5.73 Å². The Bertz CT molecular complexity index is 1200. The summed E-state index contributed by atoms with van der Waals surface area (Å²) >= 11 is 0. The lowest BCUT2D eigenvalue weighted by Gasteiger charge is -2.23. The predicted octanol–water partition coefficient (Wildman–Crippen LogP) is 2.13. The molecule has 0 heterocycles. The van der Waals surface area contributed by atoms with Gasteiger partial charge in [-0.25, -0.2) is 4.39 Å². The highest BCUT2D eigenvalue weighted by molar-refractivity contribution is 5.91. The number of likely N-dealkylation sites (N-methyl/N-ethyl adjacent to an activating group) is 1. The number of carbonyl (C=O) groups is 4. The van der Waals surface area contributed by atoms with Crippen molar-refractivity contribution >= 4 is 23.6 Å². The molecule has 0 fully saturated rings. The van der Waals surface area contributed by atoms with Crippen molar-refractivity contribution in [2.75, 3.05) is 26.7 Å². The van der Waals surface area contributed by atoms with E-state index >= 15 is 0 Å². The summed E-state index contributed by atoms with van der Waals surface area (Å²) in [6.45, 7) is 6.21. The van der Waals surface area contributed by atoms with Gasteiger partial charge in [-0.15, -0.1) is 0 Å². The number of benzene rings is 2. The molecule has 6 N–H and O–H groups in total. The molecular formula is C31H44FN5O5. The quantitative estimate of drug-likeness (QED) is 0.190. The number of nitrogens with two attached hydrogens (primary N) is 1. The topological polar surface area (TPSA) is 154 Å². The fourth-order valence-corrected chi connectivity index (χ4v) is 4.33. The molecule has 0 aliphatic carbocycles. The van der Waals surface area contributed by atoms with Crippen LogP contribution in [-0.4, -0.2) is 72.4 Å². The maximum atomic E-state index is 13.2. The number of amides is 4. The Balaban J connectivity index is 2.05. The van der Waals surface area contributed by atoms with Gasteiger partial charge in [-0.2, -0.15) is 0 Å². The van der Waals surface area contributed by atoms with Crippen LogP contribution in [0.15, 0.2) is 42.5 Å². The fourth-order valence-electron chi connectivity index (χ4n) is 4.33. The van der Waals surface area contributed by atoms with Gasteiger partial charge in [0.05, 0.1) is 12.6 Å². The van der Waals surface area contributed by atoms with Gasteiger partial charge in [-0.05, 0) is 53.6 Å². The Morgan fingerprint density at radius 3 is 2.26 bits per heavy atom. The molecule has 0 saturated heterocycles. The van der Waals surface area contributed by atoms with Crippen LogP contribution in [0.25, 0.3) is 0 Å². The second-order valence-electron chi connectivity index (χ2n) is 10.7. The average Bonchev–Trinajstić information content (AvgIpc) is 2.94. The zero-order valence-electron chi connectivity index (χ0n) is 24.9. The number of carbonyl (C=O) groups excluding carboxylic acids is 4. The molecule has 0 aliphatic heterocycles. The minimum absolute atomic E-state index is 0.0387. The van der Waals surface area contributed by atoms with Crippen LogP contribution in [0.5, 0.6) is 5.75 Å². The summed E-state index contributed by atoms with van der Waals surface area (Å²) < 4.78 is 13.2. The number of hydrogen-bond donors (Lipinski definition) is 5. The second kappa shape index (κ2) is 17.1. The van der Waals surface area contributed by atoms with Gasteiger partial charge in [0, 0.05) is 33.0 Å². The molecule has 4 amide bonds. The standard InChI is InChI=1S/C31H44FN5O5/c1-5-6-14-34-28(39)13-15-35-30(41)26(18-22-9-12-27(38)24(16-22)20(2)3)36-29(40)19-37(4)31(42)25(33)17-21-7-10-23(32)11-8-21/h7-12,16,20,25-26,38H,5-6,13-15,17-19,33H2,1-4H3,(H,34,39)(H,35,41)(H,36,40). The van der Waals surface area contributed by atoms with Crippen molar-refractivity contribution in [2.45, 2.75) is 70.9 Å². The van der Waals surface area contributed by atoms with Crippen LogP contribution in [0.4, 0.5) is 4.39 Å². The molecule has 2 rings (SSSR count). The molecule has 0 spiro atoms. The third-order valence-corrected chi connectivity index (χ3v) is 6.75. The van der Waals surface area contributed by atoms with Crippen molar-refractivity contribution in [3.8, 4) is 5.75 Å². The molecule has 0 saturated carbocycles. The molecular weight excluding hydrogens is 541 g/mol. The Morgan fingerprint density at radius 1 is 0.952 bits per heavy atom. The van der Waals surface area contributed by atoms with Crippen LogP contribution in [0.3, 0.4) is 0 Å². The monoisotopic (exact) mass is 585 g/mol. The fraction of sp³-hybridized carbons (Fsp3) is 0.484. The molecule has 0 aromatic heterocycles. The van der Waals surface area contributed by atoms with Crippen LogP contribution in [0, 0.1) is 5.82 Å². The van der Waals surface area contributed by atoms with Crippen LogP contribution >= 0.6 is 0 Å². The van der Waals surface area contributed by atoms with Crippen molar-refractivity contribution < 1.29 is 28.7 Å². The smallest absolute Gasteiger partial charge is 0.242 e. The van der Waals surface area contributed by atoms with Gasteiger partial charge in [-0.1, -0.05) is 51.5 Å². The van der Waals surface area contributed by atoms with E-state index in [1.165, 1.54) is 24.1 Å². The number of aromatic hydroxyl groups is 1. The normalized spacial score (nSPS) is 12.4. The lowest BCUT2D eigenvalue weighted by atomic mass is 9.96. The predicted molar refractivity (Wildman–Crippen MR) is 159 cm³/mol. The molecule has 2 aromatic carbocycles. The Hall–Kier alpha value is -3.99. The minimum Gasteiger partial charge on any atom is -0.508 e. The van der Waals surface area contributed by atoms with Gasteiger partial charge in [0.1, 0.15) is 17.6 Å². The zero-order chi connectivity index (χ0) is 31.2. The number of rotatable bonds is 16. The number of nitrogens with one attached hydrogen (secondary N) is 3. The first-order chi connectivity index (χ1) is 19.9. The lowest BCUT2D eigenvalue weighted by Crippen LogP contribution is -2.52. The summed E-state index contributed by atoms with van der Waals surface area (Å²) in [5.41, 5.74) is 8.16. The van der Waals surface area contributed by atoms with Crippen LogP contribution in [0.2, 0.25) is 0 Å². The van der Waals surface area contributed by atoms with Crippen LogP contribution in [-0.2, 0) is 32.0 Å². The third kappa shape index (κ3) is 11.5. The Morgan fingerprint density at radius 2 is 1.62 bits per heavy atom. The van der Waals surface area contributed by atoms with Crippen molar-refractivity contribution in [1.29, 1.82) is 0 Å². The van der Waals surface area contributed by atoms with Crippen LogP contribution < -0.4 is 21.7 Å². The van der Waals surface area contributed by atoms with Crippen molar-refractivity contribution in [3.05, 3.63) is 65.0 Å². The summed E-state index contributed by atoms with van der Waals surface area (Å²) in [5.74, 6) is -1.92. The first-order valence-electron chi connectivity index (χ1n) is 14.3. The number of phenolic OH excluding ortho intramolecular Hbond substituents is 1. The largest absolute Gasteiger partial charge is 0.508 e. The number of hydrogen-bond acceptors (Lipinski definition) is 6. The first-order valence-corrected chi connectivity index (χ1v) is 14.3. The van der Waals surface area contributed by atoms with E-state index in [2.05, 4.69) is 16.0 Å². The molecule has 2 atom stereocenters. The minimum atomic E-state index is -0.999. The lowest BCUT2D eigenvalue weighted by molar-refractivity contribution is -0.136. The van der Waals surface area contributed by atoms with Gasteiger partial charge in [0.15, 0.2) is 0 Å². The maximum absolute atomic E-state index is 13.2. The Kier molecular flexibility index (Phi) is 13.9. The molecule has 0 bridgehead atoms. The van der Waals surface area contributed by atoms with Gasteiger partial charge >= 0.3 is 0 Å². The summed E-state index contributed by atoms with van der Waals surface area (Å²) in [6.07, 6.45) is 2.21. The van der Waals surface area contributed by atoms with E-state index in [0.29, 0.717) is 17.7 Å². The summed E-state index contributed by atoms with van der Waals surface area (Å²) in [6, 6.07) is 8.73. The highest BCUT2D eigenvalue weighted by Crippen LogP contribution is 2.26. The molecule has 2 unspecified atom stereocenters. The van der Waals surface area contributed by atoms with Gasteiger partial charge in [0.2, 0.25) is 23.6 Å². The van der Waals surface area contributed by atoms with Crippen LogP contribution in [0.1, 0.15) is 62.6 Å². The average molecular weight is 586 g/mol.